The zero-order chi connectivity index (χ0) is 15.3. The summed E-state index contributed by atoms with van der Waals surface area (Å²) >= 11 is 6.17. The van der Waals surface area contributed by atoms with Gasteiger partial charge >= 0.3 is 0 Å². The maximum absolute atomic E-state index is 12.0. The Morgan fingerprint density at radius 3 is 2.50 bits per heavy atom. The molecule has 0 saturated carbocycles. The number of benzene rings is 1. The van der Waals surface area contributed by atoms with Gasteiger partial charge in [-0.05, 0) is 18.1 Å². The molecule has 0 fully saturated rings. The Hall–Kier alpha value is -1.46. The molecule has 0 aliphatic rings. The van der Waals surface area contributed by atoms with Crippen LogP contribution < -0.4 is 9.47 Å². The van der Waals surface area contributed by atoms with E-state index in [-0.39, 0.29) is 5.91 Å². The number of hydrogen-bond donors (Lipinski definition) is 0. The highest BCUT2D eigenvalue weighted by Gasteiger charge is 2.18. The highest BCUT2D eigenvalue weighted by Crippen LogP contribution is 2.37. The molecule has 1 aromatic rings. The van der Waals surface area contributed by atoms with E-state index in [2.05, 4.69) is 0 Å². The number of ether oxygens (including phenoxy) is 2. The highest BCUT2D eigenvalue weighted by molar-refractivity contribution is 6.32. The van der Waals surface area contributed by atoms with Crippen molar-refractivity contribution in [2.75, 3.05) is 27.9 Å². The smallest absolute Gasteiger partial charge is 0.277 e. The SMILES string of the molecule is COc1cc(C(=O)N(C)OC)cc(Cl)c1OCC(C)C. The summed E-state index contributed by atoms with van der Waals surface area (Å²) in [6, 6.07) is 3.12. The van der Waals surface area contributed by atoms with Crippen molar-refractivity contribution >= 4 is 17.5 Å². The van der Waals surface area contributed by atoms with E-state index < -0.39 is 0 Å². The number of methoxy groups -OCH3 is 1. The van der Waals surface area contributed by atoms with Gasteiger partial charge in [0.1, 0.15) is 0 Å². The Morgan fingerprint density at radius 1 is 1.35 bits per heavy atom. The van der Waals surface area contributed by atoms with Crippen LogP contribution in [0.2, 0.25) is 5.02 Å². The molecule has 5 nitrogen and oxygen atoms in total. The summed E-state index contributed by atoms with van der Waals surface area (Å²) in [5.41, 5.74) is 0.369. The Bertz CT molecular complexity index is 476. The average Bonchev–Trinajstić information content (AvgIpc) is 2.43. The molecule has 0 spiro atoms. The lowest BCUT2D eigenvalue weighted by molar-refractivity contribution is -0.0757. The molecule has 0 heterocycles. The minimum Gasteiger partial charge on any atom is -0.493 e. The van der Waals surface area contributed by atoms with Gasteiger partial charge in [-0.1, -0.05) is 25.4 Å². The maximum atomic E-state index is 12.0. The number of nitrogens with zero attached hydrogens (tertiary/aromatic N) is 1. The quantitative estimate of drug-likeness (QED) is 0.758. The van der Waals surface area contributed by atoms with Crippen LogP contribution in [-0.4, -0.2) is 38.8 Å². The van der Waals surface area contributed by atoms with Crippen molar-refractivity contribution < 1.29 is 19.1 Å². The lowest BCUT2D eigenvalue weighted by Crippen LogP contribution is -2.25. The van der Waals surface area contributed by atoms with Crippen LogP contribution in [0.1, 0.15) is 24.2 Å². The van der Waals surface area contributed by atoms with Crippen LogP contribution in [0.15, 0.2) is 12.1 Å². The largest absolute Gasteiger partial charge is 0.493 e. The van der Waals surface area contributed by atoms with E-state index in [0.29, 0.717) is 34.6 Å². The van der Waals surface area contributed by atoms with E-state index in [4.69, 9.17) is 25.9 Å². The summed E-state index contributed by atoms with van der Waals surface area (Å²) in [4.78, 5) is 16.9. The summed E-state index contributed by atoms with van der Waals surface area (Å²) in [7, 11) is 4.44. The van der Waals surface area contributed by atoms with Crippen molar-refractivity contribution in [2.45, 2.75) is 13.8 Å². The molecule has 0 saturated heterocycles. The topological polar surface area (TPSA) is 48.0 Å². The number of halogens is 1. The normalized spacial score (nSPS) is 10.6. The van der Waals surface area contributed by atoms with Crippen LogP contribution >= 0.6 is 11.6 Å². The second kappa shape index (κ2) is 7.36. The first-order valence-electron chi connectivity index (χ1n) is 6.23. The molecule has 0 N–H and O–H groups in total. The summed E-state index contributed by atoms with van der Waals surface area (Å²) in [5.74, 6) is 0.908. The van der Waals surface area contributed by atoms with Gasteiger partial charge < -0.3 is 9.47 Å². The number of hydroxylamine groups is 2. The third-order valence-corrected chi connectivity index (χ3v) is 2.88. The van der Waals surface area contributed by atoms with E-state index in [9.17, 15) is 4.79 Å². The third kappa shape index (κ3) is 4.02. The Kier molecular flexibility index (Phi) is 6.10. The van der Waals surface area contributed by atoms with Crippen molar-refractivity contribution in [3.63, 3.8) is 0 Å². The summed E-state index contributed by atoms with van der Waals surface area (Å²) in [6.07, 6.45) is 0. The molecule has 0 aliphatic heterocycles. The van der Waals surface area contributed by atoms with Crippen LogP contribution in [-0.2, 0) is 4.84 Å². The number of carbonyl (C=O) groups is 1. The summed E-state index contributed by atoms with van der Waals surface area (Å²) in [5, 5.41) is 1.44. The molecule has 0 unspecified atom stereocenters. The fraction of sp³-hybridized carbons (Fsp3) is 0.500. The molecule has 0 bridgehead atoms. The maximum Gasteiger partial charge on any atom is 0.277 e. The summed E-state index contributed by atoms with van der Waals surface area (Å²) in [6.45, 7) is 4.58. The predicted octanol–water partition coefficient (Wildman–Crippen LogP) is 3.02. The minimum atomic E-state index is -0.317. The Balaban J connectivity index is 3.09. The fourth-order valence-corrected chi connectivity index (χ4v) is 1.76. The van der Waals surface area contributed by atoms with E-state index in [0.717, 1.165) is 5.06 Å². The van der Waals surface area contributed by atoms with Crippen molar-refractivity contribution in [3.8, 4) is 11.5 Å². The number of hydrogen-bond acceptors (Lipinski definition) is 4. The number of rotatable bonds is 6. The minimum absolute atomic E-state index is 0.317. The van der Waals surface area contributed by atoms with Gasteiger partial charge in [-0.2, -0.15) is 0 Å². The fourth-order valence-electron chi connectivity index (χ4n) is 1.50. The molecule has 1 amide bonds. The lowest BCUT2D eigenvalue weighted by atomic mass is 10.2. The first-order chi connectivity index (χ1) is 9.40. The predicted molar refractivity (Wildman–Crippen MR) is 77.4 cm³/mol. The highest BCUT2D eigenvalue weighted by atomic mass is 35.5. The average molecular weight is 302 g/mol. The van der Waals surface area contributed by atoms with Crippen molar-refractivity contribution in [1.82, 2.24) is 5.06 Å². The molecule has 1 rings (SSSR count). The van der Waals surface area contributed by atoms with Gasteiger partial charge in [0.15, 0.2) is 11.5 Å². The lowest BCUT2D eigenvalue weighted by Gasteiger charge is -2.17. The van der Waals surface area contributed by atoms with Crippen LogP contribution in [0.25, 0.3) is 0 Å². The molecule has 0 radical (unpaired) electrons. The van der Waals surface area contributed by atoms with Gasteiger partial charge in [0.25, 0.3) is 5.91 Å². The van der Waals surface area contributed by atoms with Crippen LogP contribution in [0, 0.1) is 5.92 Å². The molecule has 112 valence electrons. The number of amides is 1. The third-order valence-electron chi connectivity index (χ3n) is 2.60. The molecule has 0 aromatic heterocycles. The second-order valence-corrected chi connectivity index (χ2v) is 5.09. The molecule has 20 heavy (non-hydrogen) atoms. The van der Waals surface area contributed by atoms with Crippen molar-refractivity contribution in [1.29, 1.82) is 0 Å². The van der Waals surface area contributed by atoms with Gasteiger partial charge in [-0.3, -0.25) is 9.63 Å². The first-order valence-corrected chi connectivity index (χ1v) is 6.61. The summed E-state index contributed by atoms with van der Waals surface area (Å²) < 4.78 is 10.9. The van der Waals surface area contributed by atoms with Crippen molar-refractivity contribution in [3.05, 3.63) is 22.7 Å². The zero-order valence-electron chi connectivity index (χ0n) is 12.4. The van der Waals surface area contributed by atoms with Gasteiger partial charge in [0.05, 0.1) is 25.8 Å². The zero-order valence-corrected chi connectivity index (χ0v) is 13.2. The monoisotopic (exact) mass is 301 g/mol. The molecular formula is C14H20ClNO4. The molecule has 6 heteroatoms. The Labute approximate surface area is 124 Å². The second-order valence-electron chi connectivity index (χ2n) is 4.68. The van der Waals surface area contributed by atoms with Gasteiger partial charge in [-0.15, -0.1) is 0 Å². The molecular weight excluding hydrogens is 282 g/mol. The number of carbonyl (C=O) groups excluding carboxylic acids is 1. The van der Waals surface area contributed by atoms with E-state index in [1.54, 1.807) is 6.07 Å². The van der Waals surface area contributed by atoms with Gasteiger partial charge in [0.2, 0.25) is 0 Å². The molecule has 0 atom stereocenters. The van der Waals surface area contributed by atoms with Crippen LogP contribution in [0.3, 0.4) is 0 Å². The standard InChI is InChI=1S/C14H20ClNO4/c1-9(2)8-20-13-11(15)6-10(7-12(13)18-4)14(17)16(3)19-5/h6-7,9H,8H2,1-5H3. The van der Waals surface area contributed by atoms with E-state index in [1.807, 2.05) is 13.8 Å². The van der Waals surface area contributed by atoms with Gasteiger partial charge in [-0.25, -0.2) is 5.06 Å². The van der Waals surface area contributed by atoms with E-state index in [1.165, 1.54) is 27.3 Å². The molecule has 1 aromatic carbocycles. The molecule has 0 aliphatic carbocycles. The Morgan fingerprint density at radius 2 is 2.00 bits per heavy atom. The van der Waals surface area contributed by atoms with Crippen molar-refractivity contribution in [2.24, 2.45) is 5.92 Å². The van der Waals surface area contributed by atoms with Crippen LogP contribution in [0.4, 0.5) is 0 Å². The van der Waals surface area contributed by atoms with E-state index >= 15 is 0 Å². The van der Waals surface area contributed by atoms with Gasteiger partial charge in [0, 0.05) is 12.6 Å². The first kappa shape index (κ1) is 16.6. The van der Waals surface area contributed by atoms with Crippen LogP contribution in [0.5, 0.6) is 11.5 Å².